The maximum atomic E-state index is 13.3. The molecule has 166 valence electrons. The summed E-state index contributed by atoms with van der Waals surface area (Å²) in [7, 11) is 1.75. The predicted molar refractivity (Wildman–Crippen MR) is 121 cm³/mol. The number of hydroxylamine groups is 1. The fraction of sp³-hybridized carbons (Fsp3) is 0.440. The molecule has 1 heterocycles. The van der Waals surface area contributed by atoms with E-state index < -0.39 is 0 Å². The Morgan fingerprint density at radius 3 is 2.29 bits per heavy atom. The number of carbonyl (C=O) groups is 2. The minimum atomic E-state index is -0.295. The lowest BCUT2D eigenvalue weighted by atomic mass is 9.98. The van der Waals surface area contributed by atoms with Crippen LogP contribution in [0.15, 0.2) is 60.7 Å². The van der Waals surface area contributed by atoms with Gasteiger partial charge in [0.25, 0.3) is 0 Å². The molecule has 1 fully saturated rings. The van der Waals surface area contributed by atoms with Gasteiger partial charge >= 0.3 is 6.03 Å². The summed E-state index contributed by atoms with van der Waals surface area (Å²) in [5, 5.41) is 0. The molecular formula is C25H33N3O3. The van der Waals surface area contributed by atoms with Crippen LogP contribution in [0.4, 0.5) is 4.79 Å². The molecule has 1 aliphatic rings. The highest BCUT2D eigenvalue weighted by atomic mass is 16.6. The first-order chi connectivity index (χ1) is 14.9. The van der Waals surface area contributed by atoms with Gasteiger partial charge in [-0.2, -0.15) is 5.48 Å². The van der Waals surface area contributed by atoms with Crippen LogP contribution >= 0.6 is 0 Å². The Balaban J connectivity index is 1.70. The Morgan fingerprint density at radius 1 is 1.06 bits per heavy atom. The lowest BCUT2D eigenvalue weighted by Gasteiger charge is -2.27. The lowest BCUT2D eigenvalue weighted by molar-refractivity contribution is -0.131. The van der Waals surface area contributed by atoms with E-state index >= 15 is 0 Å². The van der Waals surface area contributed by atoms with Crippen molar-refractivity contribution in [3.05, 3.63) is 71.8 Å². The number of amides is 3. The minimum Gasteiger partial charge on any atom is -0.322 e. The second-order valence-electron chi connectivity index (χ2n) is 8.68. The largest absolute Gasteiger partial charge is 0.327 e. The van der Waals surface area contributed by atoms with Crippen LogP contribution < -0.4 is 5.48 Å². The van der Waals surface area contributed by atoms with Gasteiger partial charge in [0.1, 0.15) is 0 Å². The van der Waals surface area contributed by atoms with Gasteiger partial charge in [-0.1, -0.05) is 74.5 Å². The third-order valence-electron chi connectivity index (χ3n) is 5.77. The van der Waals surface area contributed by atoms with E-state index in [2.05, 4.69) is 19.3 Å². The molecule has 0 spiro atoms. The lowest BCUT2D eigenvalue weighted by Crippen LogP contribution is -2.41. The molecule has 3 amide bonds. The Kier molecular flexibility index (Phi) is 7.82. The summed E-state index contributed by atoms with van der Waals surface area (Å²) in [5.74, 6) is 0.197. The number of likely N-dealkylation sites (N-methyl/N-ethyl adjacent to an activating group) is 1. The SMILES string of the molecule is CC(C)C[C@@H](CC(=O)N1C(=O)N(C)[C@@H](C)[C@H]1c1ccccc1)NOCc1ccccc1. The summed E-state index contributed by atoms with van der Waals surface area (Å²) in [6.45, 7) is 6.62. The van der Waals surface area contributed by atoms with Crippen LogP contribution in [0.5, 0.6) is 0 Å². The molecule has 31 heavy (non-hydrogen) atoms. The first-order valence-electron chi connectivity index (χ1n) is 10.9. The highest BCUT2D eigenvalue weighted by Crippen LogP contribution is 2.35. The Hall–Kier alpha value is -2.70. The van der Waals surface area contributed by atoms with Gasteiger partial charge in [-0.25, -0.2) is 4.79 Å². The van der Waals surface area contributed by atoms with Crippen LogP contribution in [-0.4, -0.2) is 40.9 Å². The predicted octanol–water partition coefficient (Wildman–Crippen LogP) is 4.54. The van der Waals surface area contributed by atoms with Crippen molar-refractivity contribution in [1.82, 2.24) is 15.3 Å². The Labute approximate surface area is 185 Å². The highest BCUT2D eigenvalue weighted by Gasteiger charge is 2.45. The van der Waals surface area contributed by atoms with Gasteiger partial charge in [0.15, 0.2) is 0 Å². The van der Waals surface area contributed by atoms with Crippen molar-refractivity contribution in [2.24, 2.45) is 5.92 Å². The summed E-state index contributed by atoms with van der Waals surface area (Å²) >= 11 is 0. The molecule has 0 bridgehead atoms. The molecule has 0 aromatic heterocycles. The third-order valence-corrected chi connectivity index (χ3v) is 5.77. The molecule has 6 heteroatoms. The summed E-state index contributed by atoms with van der Waals surface area (Å²) in [6.07, 6.45) is 0.965. The Bertz CT molecular complexity index is 857. The molecule has 2 aromatic rings. The fourth-order valence-electron chi connectivity index (χ4n) is 4.10. The molecule has 2 aromatic carbocycles. The van der Waals surface area contributed by atoms with E-state index in [4.69, 9.17) is 4.84 Å². The van der Waals surface area contributed by atoms with E-state index in [1.165, 1.54) is 4.90 Å². The number of carbonyl (C=O) groups excluding carboxylic acids is 2. The van der Waals surface area contributed by atoms with Gasteiger partial charge < -0.3 is 4.90 Å². The van der Waals surface area contributed by atoms with Crippen molar-refractivity contribution in [3.8, 4) is 0 Å². The molecule has 3 rings (SSSR count). The van der Waals surface area contributed by atoms with Crippen LogP contribution in [0.3, 0.4) is 0 Å². The molecule has 0 aliphatic carbocycles. The van der Waals surface area contributed by atoms with Crippen molar-refractivity contribution in [2.75, 3.05) is 7.05 Å². The van der Waals surface area contributed by atoms with Gasteiger partial charge in [-0.05, 0) is 30.4 Å². The van der Waals surface area contributed by atoms with Crippen molar-refractivity contribution in [1.29, 1.82) is 0 Å². The molecule has 0 radical (unpaired) electrons. The van der Waals surface area contributed by atoms with Crippen LogP contribution in [0.1, 0.15) is 50.8 Å². The smallest absolute Gasteiger partial charge is 0.322 e. The average Bonchev–Trinajstić information content (AvgIpc) is 2.98. The topological polar surface area (TPSA) is 61.9 Å². The second-order valence-corrected chi connectivity index (χ2v) is 8.68. The molecular weight excluding hydrogens is 390 g/mol. The van der Waals surface area contributed by atoms with Crippen LogP contribution in [0.2, 0.25) is 0 Å². The summed E-state index contributed by atoms with van der Waals surface area (Å²) in [4.78, 5) is 35.0. The average molecular weight is 424 g/mol. The van der Waals surface area contributed by atoms with Gasteiger partial charge in [0.2, 0.25) is 5.91 Å². The van der Waals surface area contributed by atoms with Crippen molar-refractivity contribution >= 4 is 11.9 Å². The molecule has 1 aliphatic heterocycles. The van der Waals surface area contributed by atoms with E-state index in [-0.39, 0.29) is 36.5 Å². The normalized spacial score (nSPS) is 19.8. The first kappa shape index (κ1) is 23.0. The van der Waals surface area contributed by atoms with Crippen LogP contribution in [-0.2, 0) is 16.2 Å². The standard InChI is InChI=1S/C25H33N3O3/c1-18(2)15-22(26-31-17-20-11-7-5-8-12-20)16-23(29)28-24(19(3)27(4)25(28)30)21-13-9-6-10-14-21/h5-14,18-19,22,24,26H,15-17H2,1-4H3/t19-,22-,24-/m0/s1. The van der Waals surface area contributed by atoms with E-state index in [0.717, 1.165) is 17.5 Å². The van der Waals surface area contributed by atoms with E-state index in [1.54, 1.807) is 11.9 Å². The zero-order valence-electron chi connectivity index (χ0n) is 18.8. The highest BCUT2D eigenvalue weighted by molar-refractivity contribution is 5.97. The fourth-order valence-corrected chi connectivity index (χ4v) is 4.10. The van der Waals surface area contributed by atoms with Gasteiger partial charge in [-0.3, -0.25) is 14.5 Å². The summed E-state index contributed by atoms with van der Waals surface area (Å²) in [5.41, 5.74) is 5.10. The van der Waals surface area contributed by atoms with Gasteiger partial charge in [0, 0.05) is 19.5 Å². The number of nitrogens with one attached hydrogen (secondary N) is 1. The number of benzene rings is 2. The molecule has 1 saturated heterocycles. The molecule has 0 saturated carbocycles. The number of hydrogen-bond acceptors (Lipinski definition) is 4. The van der Waals surface area contributed by atoms with Gasteiger partial charge in [0.05, 0.1) is 18.7 Å². The van der Waals surface area contributed by atoms with Crippen LogP contribution in [0.25, 0.3) is 0 Å². The number of nitrogens with zero attached hydrogens (tertiary/aromatic N) is 2. The minimum absolute atomic E-state index is 0.0929. The molecule has 0 unspecified atom stereocenters. The van der Waals surface area contributed by atoms with E-state index in [0.29, 0.717) is 12.5 Å². The first-order valence-corrected chi connectivity index (χ1v) is 10.9. The third kappa shape index (κ3) is 5.71. The van der Waals surface area contributed by atoms with Gasteiger partial charge in [-0.15, -0.1) is 0 Å². The number of rotatable bonds is 9. The number of hydrogen-bond donors (Lipinski definition) is 1. The van der Waals surface area contributed by atoms with E-state index in [1.807, 2.05) is 67.6 Å². The second kappa shape index (κ2) is 10.6. The number of urea groups is 1. The molecule has 6 nitrogen and oxygen atoms in total. The zero-order valence-corrected chi connectivity index (χ0v) is 18.8. The Morgan fingerprint density at radius 2 is 1.68 bits per heavy atom. The molecule has 3 atom stereocenters. The maximum absolute atomic E-state index is 13.3. The van der Waals surface area contributed by atoms with E-state index in [9.17, 15) is 9.59 Å². The van der Waals surface area contributed by atoms with Crippen molar-refractivity contribution < 1.29 is 14.4 Å². The van der Waals surface area contributed by atoms with Crippen molar-refractivity contribution in [3.63, 3.8) is 0 Å². The molecule has 1 N–H and O–H groups in total. The summed E-state index contributed by atoms with van der Waals surface area (Å²) in [6, 6.07) is 18.8. The van der Waals surface area contributed by atoms with Crippen LogP contribution in [0, 0.1) is 5.92 Å². The monoisotopic (exact) mass is 423 g/mol. The quantitative estimate of drug-likeness (QED) is 0.602. The maximum Gasteiger partial charge on any atom is 0.327 e. The number of imide groups is 1. The summed E-state index contributed by atoms with van der Waals surface area (Å²) < 4.78 is 0. The van der Waals surface area contributed by atoms with Crippen molar-refractivity contribution in [2.45, 2.75) is 58.3 Å². The zero-order chi connectivity index (χ0) is 22.4.